The average molecular weight is 228 g/mol. The van der Waals surface area contributed by atoms with Gasteiger partial charge in [-0.15, -0.1) is 0 Å². The van der Waals surface area contributed by atoms with Crippen molar-refractivity contribution >= 4 is 5.97 Å². The molecular weight excluding hydrogens is 212 g/mol. The van der Waals surface area contributed by atoms with E-state index in [-0.39, 0.29) is 24.8 Å². The minimum Gasteiger partial charge on any atom is -0.497 e. The lowest BCUT2D eigenvalue weighted by Gasteiger charge is -2.23. The van der Waals surface area contributed by atoms with E-state index in [4.69, 9.17) is 18.9 Å². The lowest BCUT2D eigenvalue weighted by molar-refractivity contribution is -0.173. The molecule has 16 heavy (non-hydrogen) atoms. The second-order valence-corrected chi connectivity index (χ2v) is 4.37. The quantitative estimate of drug-likeness (QED) is 0.626. The predicted molar refractivity (Wildman–Crippen MR) is 54.5 cm³/mol. The van der Waals surface area contributed by atoms with Gasteiger partial charge in [0.2, 0.25) is 0 Å². The van der Waals surface area contributed by atoms with Crippen molar-refractivity contribution in [3.63, 3.8) is 0 Å². The molecule has 0 aliphatic carbocycles. The maximum Gasteiger partial charge on any atom is 0.303 e. The van der Waals surface area contributed by atoms with Crippen molar-refractivity contribution in [2.45, 2.75) is 44.9 Å². The van der Waals surface area contributed by atoms with Gasteiger partial charge >= 0.3 is 5.97 Å². The van der Waals surface area contributed by atoms with Gasteiger partial charge in [-0.3, -0.25) is 4.79 Å². The van der Waals surface area contributed by atoms with Crippen molar-refractivity contribution < 1.29 is 23.7 Å². The lowest BCUT2D eigenvalue weighted by atomic mass is 10.1. The van der Waals surface area contributed by atoms with E-state index in [1.54, 1.807) is 12.3 Å². The second kappa shape index (κ2) is 4.07. The van der Waals surface area contributed by atoms with Gasteiger partial charge in [0.15, 0.2) is 11.9 Å². The number of hydrogen-bond acceptors (Lipinski definition) is 5. The first-order chi connectivity index (χ1) is 7.48. The summed E-state index contributed by atoms with van der Waals surface area (Å²) >= 11 is 0. The topological polar surface area (TPSA) is 54.0 Å². The highest BCUT2D eigenvalue weighted by Crippen LogP contribution is 2.32. The maximum absolute atomic E-state index is 11.0. The van der Waals surface area contributed by atoms with Crippen LogP contribution in [-0.2, 0) is 23.7 Å². The first-order valence-corrected chi connectivity index (χ1v) is 5.29. The largest absolute Gasteiger partial charge is 0.497 e. The highest BCUT2D eigenvalue weighted by molar-refractivity contribution is 5.66. The molecule has 2 aliphatic heterocycles. The van der Waals surface area contributed by atoms with E-state index in [2.05, 4.69) is 0 Å². The minimum absolute atomic E-state index is 0.234. The highest BCUT2D eigenvalue weighted by atomic mass is 16.8. The van der Waals surface area contributed by atoms with E-state index in [0.29, 0.717) is 0 Å². The van der Waals surface area contributed by atoms with Crippen LogP contribution in [0.15, 0.2) is 12.3 Å². The normalized spacial score (nSPS) is 36.1. The first kappa shape index (κ1) is 11.4. The van der Waals surface area contributed by atoms with Gasteiger partial charge in [-0.2, -0.15) is 0 Å². The fraction of sp³-hybridized carbons (Fsp3) is 0.727. The Hall–Kier alpha value is -1.07. The minimum atomic E-state index is -0.657. The Morgan fingerprint density at radius 1 is 1.44 bits per heavy atom. The Kier molecular flexibility index (Phi) is 2.90. The van der Waals surface area contributed by atoms with Crippen LogP contribution in [-0.4, -0.2) is 36.7 Å². The summed E-state index contributed by atoms with van der Waals surface area (Å²) in [6.45, 7) is 5.33. The molecule has 0 aromatic carbocycles. The van der Waals surface area contributed by atoms with E-state index in [0.717, 1.165) is 0 Å². The van der Waals surface area contributed by atoms with Crippen LogP contribution in [0.1, 0.15) is 20.8 Å². The molecule has 0 unspecified atom stereocenters. The fourth-order valence-electron chi connectivity index (χ4n) is 1.95. The second-order valence-electron chi connectivity index (χ2n) is 4.37. The van der Waals surface area contributed by atoms with E-state index in [1.807, 2.05) is 13.8 Å². The van der Waals surface area contributed by atoms with E-state index >= 15 is 0 Å². The molecule has 0 radical (unpaired) electrons. The molecular formula is C11H16O5. The third kappa shape index (κ3) is 2.36. The summed E-state index contributed by atoms with van der Waals surface area (Å²) in [6, 6.07) is 0. The third-order valence-electron chi connectivity index (χ3n) is 2.47. The fourth-order valence-corrected chi connectivity index (χ4v) is 1.95. The van der Waals surface area contributed by atoms with Crippen LogP contribution < -0.4 is 0 Å². The average Bonchev–Trinajstić information content (AvgIpc) is 2.36. The Bertz CT molecular complexity index is 309. The first-order valence-electron chi connectivity index (χ1n) is 5.29. The van der Waals surface area contributed by atoms with Crippen LogP contribution >= 0.6 is 0 Å². The molecule has 2 aliphatic rings. The van der Waals surface area contributed by atoms with Crippen molar-refractivity contribution in [3.05, 3.63) is 12.3 Å². The lowest BCUT2D eigenvalue weighted by Crippen LogP contribution is -2.39. The number of rotatable bonds is 1. The number of hydrogen-bond donors (Lipinski definition) is 0. The molecule has 2 heterocycles. The summed E-state index contributed by atoms with van der Waals surface area (Å²) < 4.78 is 21.7. The van der Waals surface area contributed by atoms with Crippen molar-refractivity contribution in [1.82, 2.24) is 0 Å². The van der Waals surface area contributed by atoms with Gasteiger partial charge in [0.05, 0.1) is 6.26 Å². The molecule has 2 rings (SSSR count). The predicted octanol–water partition coefficient (Wildman–Crippen LogP) is 0.982. The molecule has 90 valence electrons. The molecule has 5 heteroatoms. The zero-order chi connectivity index (χ0) is 11.8. The van der Waals surface area contributed by atoms with E-state index in [1.165, 1.54) is 6.92 Å². The summed E-state index contributed by atoms with van der Waals surface area (Å²) in [5.41, 5.74) is 0. The summed E-state index contributed by atoms with van der Waals surface area (Å²) in [7, 11) is 0. The third-order valence-corrected chi connectivity index (χ3v) is 2.47. The van der Waals surface area contributed by atoms with Crippen LogP contribution in [0.2, 0.25) is 0 Å². The molecule has 0 saturated carbocycles. The van der Waals surface area contributed by atoms with Crippen LogP contribution in [0.4, 0.5) is 0 Å². The number of esters is 1. The molecule has 3 atom stereocenters. The van der Waals surface area contributed by atoms with Crippen LogP contribution in [0, 0.1) is 0 Å². The smallest absolute Gasteiger partial charge is 0.303 e. The van der Waals surface area contributed by atoms with Crippen LogP contribution in [0.5, 0.6) is 0 Å². The van der Waals surface area contributed by atoms with Crippen molar-refractivity contribution in [1.29, 1.82) is 0 Å². The van der Waals surface area contributed by atoms with Crippen LogP contribution in [0.25, 0.3) is 0 Å². The Balaban J connectivity index is 2.13. The molecule has 0 spiro atoms. The number of carbonyl (C=O) groups excluding carboxylic acids is 1. The molecule has 5 nitrogen and oxygen atoms in total. The van der Waals surface area contributed by atoms with E-state index in [9.17, 15) is 4.79 Å². The molecule has 0 N–H and O–H groups in total. The van der Waals surface area contributed by atoms with Crippen molar-refractivity contribution in [3.8, 4) is 0 Å². The molecule has 1 saturated heterocycles. The summed E-state index contributed by atoms with van der Waals surface area (Å²) in [5.74, 6) is -1.00. The van der Waals surface area contributed by atoms with Gasteiger partial charge in [-0.1, -0.05) is 0 Å². The Morgan fingerprint density at radius 2 is 2.19 bits per heavy atom. The summed E-state index contributed by atoms with van der Waals surface area (Å²) in [6.07, 6.45) is 2.37. The van der Waals surface area contributed by atoms with Gasteiger partial charge in [-0.25, -0.2) is 0 Å². The van der Waals surface area contributed by atoms with Gasteiger partial charge < -0.3 is 18.9 Å². The maximum atomic E-state index is 11.0. The Morgan fingerprint density at radius 3 is 2.88 bits per heavy atom. The molecule has 0 bridgehead atoms. The molecule has 0 aromatic rings. The SMILES string of the molecule is CC(=O)O[C@@H]1COC=C[C@@H]2OC(C)(C)O[C@@H]21. The zero-order valence-corrected chi connectivity index (χ0v) is 9.64. The molecule has 0 amide bonds. The number of fused-ring (bicyclic) bond motifs is 1. The molecule has 0 aromatic heterocycles. The monoisotopic (exact) mass is 228 g/mol. The van der Waals surface area contributed by atoms with Gasteiger partial charge in [0.1, 0.15) is 18.8 Å². The molecule has 1 fully saturated rings. The van der Waals surface area contributed by atoms with Crippen LogP contribution in [0.3, 0.4) is 0 Å². The van der Waals surface area contributed by atoms with Crippen molar-refractivity contribution in [2.24, 2.45) is 0 Å². The number of ether oxygens (including phenoxy) is 4. The van der Waals surface area contributed by atoms with Gasteiger partial charge in [-0.05, 0) is 19.9 Å². The summed E-state index contributed by atoms with van der Waals surface area (Å²) in [5, 5.41) is 0. The number of carbonyl (C=O) groups is 1. The van der Waals surface area contributed by atoms with Gasteiger partial charge in [0, 0.05) is 6.92 Å². The van der Waals surface area contributed by atoms with Gasteiger partial charge in [0.25, 0.3) is 0 Å². The highest BCUT2D eigenvalue weighted by Gasteiger charge is 2.46. The summed E-state index contributed by atoms with van der Waals surface area (Å²) in [4.78, 5) is 11.0. The Labute approximate surface area is 94.3 Å². The van der Waals surface area contributed by atoms with E-state index < -0.39 is 11.9 Å². The zero-order valence-electron chi connectivity index (χ0n) is 9.64. The standard InChI is InChI=1S/C11H16O5/c1-7(12)14-9-6-13-5-4-8-10(9)16-11(2,3)15-8/h4-5,8-10H,6H2,1-3H3/t8-,9+,10-/m0/s1. The van der Waals surface area contributed by atoms with Crippen molar-refractivity contribution in [2.75, 3.05) is 6.61 Å².